The van der Waals surface area contributed by atoms with E-state index in [1.54, 1.807) is 13.2 Å². The summed E-state index contributed by atoms with van der Waals surface area (Å²) in [4.78, 5) is 12.8. The molecule has 2 saturated heterocycles. The Kier molecular flexibility index (Phi) is 9.80. The van der Waals surface area contributed by atoms with Crippen molar-refractivity contribution in [2.24, 2.45) is 5.92 Å². The Morgan fingerprint density at radius 1 is 1.29 bits per heavy atom. The normalized spacial score (nSPS) is 38.2. The third-order valence-electron chi connectivity index (χ3n) is 5.75. The molecule has 5 N–H and O–H groups in total. The summed E-state index contributed by atoms with van der Waals surface area (Å²) in [5, 5.41) is 36.3. The van der Waals surface area contributed by atoms with E-state index in [0.717, 1.165) is 19.4 Å². The summed E-state index contributed by atoms with van der Waals surface area (Å²) in [5.74, 6) is 0.316. The second-order valence-electron chi connectivity index (χ2n) is 7.95. The minimum atomic E-state index is -1.36. The van der Waals surface area contributed by atoms with Crippen molar-refractivity contribution in [3.63, 3.8) is 0 Å². The second-order valence-corrected chi connectivity index (χ2v) is 9.57. The lowest BCUT2D eigenvalue weighted by Crippen LogP contribution is -2.65. The number of aliphatic hydroxyl groups is 3. The molecule has 1 amide bonds. The van der Waals surface area contributed by atoms with Gasteiger partial charge in [-0.1, -0.05) is 26.2 Å². The molecular formula is C19H35ClN2O5S. The molecule has 2 heterocycles. The number of unbranched alkanes of at least 4 members (excludes halogenated alkanes) is 2. The van der Waals surface area contributed by atoms with E-state index in [4.69, 9.17) is 16.3 Å². The zero-order valence-electron chi connectivity index (χ0n) is 16.9. The van der Waals surface area contributed by atoms with Crippen molar-refractivity contribution < 1.29 is 24.9 Å². The fourth-order valence-electron chi connectivity index (χ4n) is 4.00. The average Bonchev–Trinajstić information content (AvgIpc) is 3.14. The van der Waals surface area contributed by atoms with Crippen molar-refractivity contribution >= 4 is 29.3 Å². The van der Waals surface area contributed by atoms with E-state index in [9.17, 15) is 20.1 Å². The fraction of sp³-hybridized carbons (Fsp3) is 0.947. The number of carbonyl (C=O) groups is 1. The van der Waals surface area contributed by atoms with Crippen molar-refractivity contribution in [3.8, 4) is 0 Å². The topological polar surface area (TPSA) is 111 Å². The van der Waals surface area contributed by atoms with E-state index < -0.39 is 41.3 Å². The van der Waals surface area contributed by atoms with Crippen LogP contribution in [0, 0.1) is 5.92 Å². The number of halogens is 1. The van der Waals surface area contributed by atoms with Gasteiger partial charge < -0.3 is 30.7 Å². The first kappa shape index (κ1) is 24.2. The third-order valence-corrected chi connectivity index (χ3v) is 6.88. The maximum Gasteiger partial charge on any atom is 0.237 e. The van der Waals surface area contributed by atoms with Crippen molar-refractivity contribution in [1.82, 2.24) is 10.6 Å². The molecule has 0 aromatic heterocycles. The highest BCUT2D eigenvalue weighted by atomic mass is 35.5. The number of nitrogens with one attached hydrogen (secondary N) is 2. The van der Waals surface area contributed by atoms with Crippen LogP contribution < -0.4 is 10.6 Å². The molecular weight excluding hydrogens is 404 g/mol. The Morgan fingerprint density at radius 2 is 2.00 bits per heavy atom. The Bertz CT molecular complexity index is 499. The molecule has 0 bridgehead atoms. The highest BCUT2D eigenvalue weighted by Gasteiger charge is 2.48. The van der Waals surface area contributed by atoms with Gasteiger partial charge in [0.15, 0.2) is 0 Å². The largest absolute Gasteiger partial charge is 0.388 e. The number of alkyl halides is 1. The number of thioether (sulfide) groups is 1. The van der Waals surface area contributed by atoms with Gasteiger partial charge in [-0.05, 0) is 38.5 Å². The zero-order chi connectivity index (χ0) is 20.8. The lowest BCUT2D eigenvalue weighted by molar-refractivity contribution is -0.205. The highest BCUT2D eigenvalue weighted by Crippen LogP contribution is 2.30. The molecule has 0 saturated carbocycles. The summed E-state index contributed by atoms with van der Waals surface area (Å²) < 4.78 is 5.79. The van der Waals surface area contributed by atoms with Crippen LogP contribution in [-0.2, 0) is 9.53 Å². The lowest BCUT2D eigenvalue weighted by atomic mass is 9.92. The van der Waals surface area contributed by atoms with Gasteiger partial charge in [-0.3, -0.25) is 4.79 Å². The van der Waals surface area contributed by atoms with Crippen LogP contribution in [0.3, 0.4) is 0 Å². The molecule has 0 aliphatic carbocycles. The molecule has 0 aromatic rings. The summed E-state index contributed by atoms with van der Waals surface area (Å²) >= 11 is 7.54. The summed E-state index contributed by atoms with van der Waals surface area (Å²) in [6, 6.07) is -0.987. The summed E-state index contributed by atoms with van der Waals surface area (Å²) in [7, 11) is 0. The van der Waals surface area contributed by atoms with Crippen LogP contribution in [0.1, 0.15) is 46.0 Å². The molecule has 2 aliphatic heterocycles. The van der Waals surface area contributed by atoms with Crippen molar-refractivity contribution in [2.45, 2.75) is 93.3 Å². The molecule has 0 aromatic carbocycles. The van der Waals surface area contributed by atoms with Gasteiger partial charge >= 0.3 is 0 Å². The smallest absolute Gasteiger partial charge is 0.237 e. The van der Waals surface area contributed by atoms with Gasteiger partial charge in [-0.25, -0.2) is 0 Å². The number of hydrogen-bond acceptors (Lipinski definition) is 7. The first-order valence-electron chi connectivity index (χ1n) is 10.2. The van der Waals surface area contributed by atoms with Crippen molar-refractivity contribution in [3.05, 3.63) is 0 Å². The number of aliphatic hydroxyl groups excluding tert-OH is 3. The van der Waals surface area contributed by atoms with Crippen molar-refractivity contribution in [1.29, 1.82) is 0 Å². The second kappa shape index (κ2) is 11.3. The summed E-state index contributed by atoms with van der Waals surface area (Å²) in [5.41, 5.74) is -0.703. The predicted octanol–water partition coefficient (Wildman–Crippen LogP) is 0.828. The molecule has 0 unspecified atom stereocenters. The molecule has 164 valence electrons. The van der Waals surface area contributed by atoms with E-state index in [0.29, 0.717) is 5.92 Å². The third kappa shape index (κ3) is 5.97. The van der Waals surface area contributed by atoms with E-state index in [-0.39, 0.29) is 11.9 Å². The first-order chi connectivity index (χ1) is 13.3. The van der Waals surface area contributed by atoms with Crippen LogP contribution in [0.2, 0.25) is 0 Å². The number of rotatable bonds is 9. The Hall–Kier alpha value is -0.0900. The molecule has 2 rings (SSSR count). The molecule has 0 radical (unpaired) electrons. The Morgan fingerprint density at radius 3 is 2.61 bits per heavy atom. The Labute approximate surface area is 176 Å². The minimum Gasteiger partial charge on any atom is -0.388 e. The van der Waals surface area contributed by atoms with Gasteiger partial charge in [0.1, 0.15) is 29.9 Å². The van der Waals surface area contributed by atoms with E-state index >= 15 is 0 Å². The molecule has 7 nitrogen and oxygen atoms in total. The molecule has 2 aliphatic rings. The van der Waals surface area contributed by atoms with Gasteiger partial charge in [0.05, 0.1) is 17.5 Å². The van der Waals surface area contributed by atoms with Crippen LogP contribution >= 0.6 is 23.4 Å². The number of carbonyl (C=O) groups excluding carboxylic acids is 1. The highest BCUT2D eigenvalue weighted by molar-refractivity contribution is 7.99. The quantitative estimate of drug-likeness (QED) is 0.268. The predicted molar refractivity (Wildman–Crippen MR) is 111 cm³/mol. The standard InChI is InChI=1S/C19H35ClN2O5S/c1-4-5-6-7-11-8-12(21-9-11)18(26)22-13(10(2)20)17-15(24)14(23)16(25)19(27-17)28-3/h10-17,19,21,23-25H,4-9H2,1-3H3,(H,22,26)/t10-,11+,12-,13+,14+,15-,16-,17-,19-/m1/s1. The van der Waals surface area contributed by atoms with Gasteiger partial charge in [0, 0.05) is 0 Å². The molecule has 2 fully saturated rings. The van der Waals surface area contributed by atoms with Crippen LogP contribution in [0.15, 0.2) is 0 Å². The maximum atomic E-state index is 12.8. The molecule has 9 atom stereocenters. The molecule has 28 heavy (non-hydrogen) atoms. The average molecular weight is 439 g/mol. The monoisotopic (exact) mass is 438 g/mol. The number of hydrogen-bond donors (Lipinski definition) is 5. The van der Waals surface area contributed by atoms with Crippen LogP contribution in [0.4, 0.5) is 0 Å². The zero-order valence-corrected chi connectivity index (χ0v) is 18.5. The molecule has 0 spiro atoms. The van der Waals surface area contributed by atoms with Gasteiger partial charge in [0.2, 0.25) is 5.91 Å². The van der Waals surface area contributed by atoms with Crippen LogP contribution in [0.5, 0.6) is 0 Å². The fourth-order valence-corrected chi connectivity index (χ4v) is 4.89. The van der Waals surface area contributed by atoms with Gasteiger partial charge in [-0.15, -0.1) is 23.4 Å². The first-order valence-corrected chi connectivity index (χ1v) is 11.9. The SMILES string of the molecule is CCCCC[C@@H]1CN[C@@H](C(=O)N[C@H]([C@H]2O[C@H](SC)[C@H](O)[C@@H](O)[C@H]2O)[C@@H](C)Cl)C1. The summed E-state index contributed by atoms with van der Waals surface area (Å²) in [6.07, 6.45) is 2.39. The minimum absolute atomic E-state index is 0.174. The van der Waals surface area contributed by atoms with E-state index in [2.05, 4.69) is 17.6 Å². The van der Waals surface area contributed by atoms with E-state index in [1.807, 2.05) is 0 Å². The Balaban J connectivity index is 1.98. The number of amides is 1. The number of ether oxygens (including phenoxy) is 1. The van der Waals surface area contributed by atoms with Crippen LogP contribution in [0.25, 0.3) is 0 Å². The van der Waals surface area contributed by atoms with Crippen molar-refractivity contribution in [2.75, 3.05) is 12.8 Å². The lowest BCUT2D eigenvalue weighted by Gasteiger charge is -2.44. The van der Waals surface area contributed by atoms with E-state index in [1.165, 1.54) is 31.0 Å². The van der Waals surface area contributed by atoms with Gasteiger partial charge in [0.25, 0.3) is 0 Å². The summed E-state index contributed by atoms with van der Waals surface area (Å²) in [6.45, 7) is 4.71. The molecule has 9 heteroatoms. The van der Waals surface area contributed by atoms with Gasteiger partial charge in [-0.2, -0.15) is 0 Å². The maximum absolute atomic E-state index is 12.8. The van der Waals surface area contributed by atoms with Crippen LogP contribution in [-0.4, -0.2) is 81.3 Å².